The molecule has 0 aliphatic carbocycles. The maximum atomic E-state index is 13.5. The number of esters is 1. The van der Waals surface area contributed by atoms with Gasteiger partial charge in [0.1, 0.15) is 0 Å². The summed E-state index contributed by atoms with van der Waals surface area (Å²) in [6, 6.07) is 0. The molecule has 0 saturated heterocycles. The third-order valence-electron chi connectivity index (χ3n) is 2.25. The monoisotopic (exact) mass is 330 g/mol. The van der Waals surface area contributed by atoms with Crippen LogP contribution in [0.4, 0.5) is 17.6 Å². The summed E-state index contributed by atoms with van der Waals surface area (Å²) < 4.78 is 88.2. The lowest BCUT2D eigenvalue weighted by Gasteiger charge is -2.17. The van der Waals surface area contributed by atoms with Crippen molar-refractivity contribution in [3.05, 3.63) is 23.3 Å². The van der Waals surface area contributed by atoms with E-state index >= 15 is 0 Å². The van der Waals surface area contributed by atoms with Crippen LogP contribution in [0.15, 0.2) is 4.90 Å². The van der Waals surface area contributed by atoms with Gasteiger partial charge in [-0.3, -0.25) is 9.35 Å². The van der Waals surface area contributed by atoms with Crippen LogP contribution in [0.3, 0.4) is 0 Å². The second kappa shape index (κ2) is 5.26. The summed E-state index contributed by atoms with van der Waals surface area (Å²) in [5.74, 6) is -12.2. The molecule has 1 aromatic rings. The van der Waals surface area contributed by atoms with Crippen molar-refractivity contribution in [3.63, 3.8) is 0 Å². The zero-order chi connectivity index (χ0) is 16.7. The van der Waals surface area contributed by atoms with Crippen LogP contribution in [0.1, 0.15) is 20.8 Å². The molecule has 0 saturated carbocycles. The predicted molar refractivity (Wildman–Crippen MR) is 61.2 cm³/mol. The fourth-order valence-electron chi connectivity index (χ4n) is 1.15. The van der Waals surface area contributed by atoms with Crippen molar-refractivity contribution in [2.75, 3.05) is 0 Å². The molecule has 0 spiro atoms. The Morgan fingerprint density at radius 3 is 1.67 bits per heavy atom. The highest BCUT2D eigenvalue weighted by Gasteiger charge is 2.35. The molecular weight excluding hydrogens is 320 g/mol. The van der Waals surface area contributed by atoms with Gasteiger partial charge in [0.15, 0.2) is 16.5 Å². The summed E-state index contributed by atoms with van der Waals surface area (Å²) in [6.45, 7) is 3.93. The van der Waals surface area contributed by atoms with Crippen molar-refractivity contribution >= 4 is 16.1 Å². The molecule has 0 aromatic heterocycles. The first kappa shape index (κ1) is 17.4. The lowest BCUT2D eigenvalue weighted by Crippen LogP contribution is -2.27. The van der Waals surface area contributed by atoms with Crippen molar-refractivity contribution in [1.29, 1.82) is 0 Å². The van der Waals surface area contributed by atoms with Crippen LogP contribution < -0.4 is 4.74 Å². The summed E-state index contributed by atoms with van der Waals surface area (Å²) in [4.78, 5) is 9.27. The summed E-state index contributed by atoms with van der Waals surface area (Å²) in [5, 5.41) is 0. The normalized spacial score (nSPS) is 12.4. The summed E-state index contributed by atoms with van der Waals surface area (Å²) >= 11 is 0. The predicted octanol–water partition coefficient (Wildman–Crippen LogP) is 2.44. The van der Waals surface area contributed by atoms with Crippen molar-refractivity contribution < 1.29 is 40.1 Å². The van der Waals surface area contributed by atoms with Crippen molar-refractivity contribution in [1.82, 2.24) is 0 Å². The van der Waals surface area contributed by atoms with Gasteiger partial charge in [-0.2, -0.15) is 17.2 Å². The molecule has 10 heteroatoms. The highest BCUT2D eigenvalue weighted by Crippen LogP contribution is 2.33. The second-order valence-corrected chi connectivity index (χ2v) is 6.39. The molecular formula is C11H10F4O5S. The number of ether oxygens (including phenoxy) is 1. The highest BCUT2D eigenvalue weighted by atomic mass is 32.2. The fourth-order valence-corrected chi connectivity index (χ4v) is 1.79. The minimum absolute atomic E-state index is 1.21. The van der Waals surface area contributed by atoms with E-state index in [0.29, 0.717) is 0 Å². The Labute approximate surface area is 117 Å². The quantitative estimate of drug-likeness (QED) is 0.296. The largest absolute Gasteiger partial charge is 0.420 e. The van der Waals surface area contributed by atoms with Gasteiger partial charge in [-0.05, 0) is 20.8 Å². The van der Waals surface area contributed by atoms with Crippen LogP contribution in [0.5, 0.6) is 5.75 Å². The van der Waals surface area contributed by atoms with Gasteiger partial charge in [0.2, 0.25) is 17.4 Å². The molecule has 1 N–H and O–H groups in total. The molecule has 0 unspecified atom stereocenters. The molecule has 21 heavy (non-hydrogen) atoms. The lowest BCUT2D eigenvalue weighted by molar-refractivity contribution is -0.143. The molecule has 0 fully saturated rings. The molecule has 118 valence electrons. The second-order valence-electron chi connectivity index (χ2n) is 5.03. The van der Waals surface area contributed by atoms with E-state index in [0.717, 1.165) is 0 Å². The average molecular weight is 330 g/mol. The SMILES string of the molecule is CC(C)(C)C(=O)Oc1c(F)c(F)c(S(=O)(=O)O)c(F)c1F. The Morgan fingerprint density at radius 1 is 1.00 bits per heavy atom. The van der Waals surface area contributed by atoms with E-state index in [9.17, 15) is 30.8 Å². The van der Waals surface area contributed by atoms with Gasteiger partial charge >= 0.3 is 16.1 Å². The van der Waals surface area contributed by atoms with E-state index in [2.05, 4.69) is 4.74 Å². The van der Waals surface area contributed by atoms with E-state index in [1.165, 1.54) is 20.8 Å². The molecule has 5 nitrogen and oxygen atoms in total. The molecule has 0 amide bonds. The van der Waals surface area contributed by atoms with Crippen LogP contribution in [0, 0.1) is 28.7 Å². The van der Waals surface area contributed by atoms with E-state index in [4.69, 9.17) is 4.55 Å². The van der Waals surface area contributed by atoms with E-state index in [-0.39, 0.29) is 0 Å². The van der Waals surface area contributed by atoms with Crippen LogP contribution >= 0.6 is 0 Å². The van der Waals surface area contributed by atoms with Crippen LogP contribution in [-0.2, 0) is 14.9 Å². The molecule has 0 aliphatic rings. The molecule has 0 heterocycles. The molecule has 0 atom stereocenters. The maximum absolute atomic E-state index is 13.5. The fraction of sp³-hybridized carbons (Fsp3) is 0.364. The van der Waals surface area contributed by atoms with Gasteiger partial charge in [-0.25, -0.2) is 8.78 Å². The smallest absolute Gasteiger partial charge is 0.316 e. The number of hydrogen-bond donors (Lipinski definition) is 1. The first-order chi connectivity index (χ1) is 9.28. The van der Waals surface area contributed by atoms with Crippen molar-refractivity contribution in [2.45, 2.75) is 25.7 Å². The lowest BCUT2D eigenvalue weighted by atomic mass is 9.97. The molecule has 1 aromatic carbocycles. The van der Waals surface area contributed by atoms with Crippen LogP contribution in [0.2, 0.25) is 0 Å². The van der Waals surface area contributed by atoms with Crippen LogP contribution in [0.25, 0.3) is 0 Å². The van der Waals surface area contributed by atoms with Crippen LogP contribution in [-0.4, -0.2) is 18.9 Å². The Hall–Kier alpha value is -1.68. The first-order valence-corrected chi connectivity index (χ1v) is 6.78. The van der Waals surface area contributed by atoms with Gasteiger partial charge in [0, 0.05) is 0 Å². The topological polar surface area (TPSA) is 80.7 Å². The van der Waals surface area contributed by atoms with E-state index in [1.807, 2.05) is 0 Å². The number of carbonyl (C=O) groups is 1. The Balaban J connectivity index is 3.57. The van der Waals surface area contributed by atoms with E-state index in [1.54, 1.807) is 0 Å². The molecule has 0 radical (unpaired) electrons. The summed E-state index contributed by atoms with van der Waals surface area (Å²) in [7, 11) is -5.55. The minimum atomic E-state index is -5.55. The van der Waals surface area contributed by atoms with Crippen molar-refractivity contribution in [2.24, 2.45) is 5.41 Å². The third kappa shape index (κ3) is 3.32. The number of carbonyl (C=O) groups excluding carboxylic acids is 1. The number of hydrogen-bond acceptors (Lipinski definition) is 4. The molecule has 1 rings (SSSR count). The van der Waals surface area contributed by atoms with Crippen molar-refractivity contribution in [3.8, 4) is 5.75 Å². The number of halogens is 4. The summed E-state index contributed by atoms with van der Waals surface area (Å²) in [5.41, 5.74) is -1.24. The standard InChI is InChI=1S/C11H10F4O5S/c1-11(2,3)10(16)20-8-4(12)6(14)9(21(17,18)19)7(15)5(8)13/h1-3H3,(H,17,18,19). The minimum Gasteiger partial charge on any atom is -0.420 e. The zero-order valence-electron chi connectivity index (χ0n) is 11.0. The molecule has 0 aliphatic heterocycles. The zero-order valence-corrected chi connectivity index (χ0v) is 11.8. The number of rotatable bonds is 2. The van der Waals surface area contributed by atoms with Gasteiger partial charge in [0.05, 0.1) is 5.41 Å². The van der Waals surface area contributed by atoms with Gasteiger partial charge in [-0.15, -0.1) is 0 Å². The summed E-state index contributed by atoms with van der Waals surface area (Å²) in [6.07, 6.45) is 0. The highest BCUT2D eigenvalue weighted by molar-refractivity contribution is 7.85. The first-order valence-electron chi connectivity index (χ1n) is 5.34. The third-order valence-corrected chi connectivity index (χ3v) is 3.12. The maximum Gasteiger partial charge on any atom is 0.316 e. The van der Waals surface area contributed by atoms with Gasteiger partial charge in [0.25, 0.3) is 0 Å². The average Bonchev–Trinajstić information content (AvgIpc) is 2.29. The number of benzene rings is 1. The van der Waals surface area contributed by atoms with E-state index < -0.39 is 55.4 Å². The Bertz CT molecular complexity index is 677. The van der Waals surface area contributed by atoms with Gasteiger partial charge in [-0.1, -0.05) is 0 Å². The Kier molecular flexibility index (Phi) is 4.35. The molecule has 0 bridgehead atoms. The van der Waals surface area contributed by atoms with Gasteiger partial charge < -0.3 is 4.74 Å². The Morgan fingerprint density at radius 2 is 1.38 bits per heavy atom.